The fraction of sp³-hybridized carbons (Fsp3) is 0.727. The molecule has 8 nitrogen and oxygen atoms in total. The van der Waals surface area contributed by atoms with Crippen molar-refractivity contribution in [2.75, 3.05) is 6.61 Å². The summed E-state index contributed by atoms with van der Waals surface area (Å²) >= 11 is 0. The first-order valence-electron chi connectivity index (χ1n) is 5.62. The molecule has 1 saturated heterocycles. The lowest BCUT2D eigenvalue weighted by atomic mass is 10.0. The van der Waals surface area contributed by atoms with Crippen LogP contribution in [0.1, 0.15) is 20.8 Å². The van der Waals surface area contributed by atoms with Crippen LogP contribution in [0, 0.1) is 0 Å². The molecule has 0 aromatic heterocycles. The molecule has 0 aromatic rings. The number of esters is 3. The number of aliphatic hydroxyl groups is 1. The molecule has 19 heavy (non-hydrogen) atoms. The van der Waals surface area contributed by atoms with Gasteiger partial charge in [-0.15, -0.1) is 0 Å². The van der Waals surface area contributed by atoms with Crippen LogP contribution < -0.4 is 0 Å². The lowest BCUT2D eigenvalue weighted by molar-refractivity contribution is -0.267. The second kappa shape index (κ2) is 6.48. The van der Waals surface area contributed by atoms with Gasteiger partial charge in [0.15, 0.2) is 24.6 Å². The highest BCUT2D eigenvalue weighted by Gasteiger charge is 2.46. The van der Waals surface area contributed by atoms with E-state index < -0.39 is 42.5 Å². The molecule has 0 aliphatic carbocycles. The largest absolute Gasteiger partial charge is 0.456 e. The molecule has 0 aromatic carbocycles. The van der Waals surface area contributed by atoms with Crippen molar-refractivity contribution in [2.45, 2.75) is 45.4 Å². The van der Waals surface area contributed by atoms with Crippen LogP contribution in [-0.2, 0) is 33.3 Å². The van der Waals surface area contributed by atoms with Crippen molar-refractivity contribution in [3.05, 3.63) is 0 Å². The van der Waals surface area contributed by atoms with Gasteiger partial charge >= 0.3 is 17.9 Å². The highest BCUT2D eigenvalue weighted by atomic mass is 16.7. The van der Waals surface area contributed by atoms with Crippen LogP contribution in [0.3, 0.4) is 0 Å². The minimum Gasteiger partial charge on any atom is -0.456 e. The van der Waals surface area contributed by atoms with E-state index in [0.717, 1.165) is 13.8 Å². The summed E-state index contributed by atoms with van der Waals surface area (Å²) in [6.07, 6.45) is -4.78. The first-order chi connectivity index (χ1) is 8.81. The van der Waals surface area contributed by atoms with Gasteiger partial charge in [0.2, 0.25) is 0 Å². The van der Waals surface area contributed by atoms with Gasteiger partial charge in [-0.25, -0.2) is 0 Å². The summed E-state index contributed by atoms with van der Waals surface area (Å²) < 4.78 is 19.6. The highest BCUT2D eigenvalue weighted by molar-refractivity contribution is 5.68. The smallest absolute Gasteiger partial charge is 0.303 e. The van der Waals surface area contributed by atoms with Crippen molar-refractivity contribution in [2.24, 2.45) is 0 Å². The third kappa shape index (κ3) is 4.49. The van der Waals surface area contributed by atoms with Gasteiger partial charge in [0.05, 0.1) is 6.61 Å². The van der Waals surface area contributed by atoms with Gasteiger partial charge in [-0.05, 0) is 0 Å². The van der Waals surface area contributed by atoms with E-state index in [0.29, 0.717) is 0 Å². The molecule has 108 valence electrons. The standard InChI is InChI=1S/C11H16O8/c1-5(12)17-8-4-16-11(15)10(19-7(3)14)9(8)18-6(2)13/h8-11,15H,4H2,1-3H3/t8-,9+,10+,11+/m1/s1. The quantitative estimate of drug-likeness (QED) is 0.523. The SMILES string of the molecule is CC(=O)O[C@@H]1[C@H](OC(C)=O)[C@@H](O)OC[C@H]1OC(C)=O. The predicted molar refractivity (Wildman–Crippen MR) is 58.6 cm³/mol. The van der Waals surface area contributed by atoms with Gasteiger partial charge < -0.3 is 24.1 Å². The van der Waals surface area contributed by atoms with Gasteiger partial charge in [-0.1, -0.05) is 0 Å². The number of ether oxygens (including phenoxy) is 4. The average molecular weight is 276 g/mol. The average Bonchev–Trinajstić information content (AvgIpc) is 2.25. The maximum atomic E-state index is 11.1. The van der Waals surface area contributed by atoms with E-state index in [2.05, 4.69) is 0 Å². The van der Waals surface area contributed by atoms with E-state index >= 15 is 0 Å². The highest BCUT2D eigenvalue weighted by Crippen LogP contribution is 2.23. The molecule has 1 rings (SSSR count). The molecule has 0 saturated carbocycles. The van der Waals surface area contributed by atoms with E-state index in [1.807, 2.05) is 0 Å². The van der Waals surface area contributed by atoms with Crippen molar-refractivity contribution < 1.29 is 38.4 Å². The monoisotopic (exact) mass is 276 g/mol. The number of hydrogen-bond donors (Lipinski definition) is 1. The van der Waals surface area contributed by atoms with Crippen molar-refractivity contribution >= 4 is 17.9 Å². The Bertz CT molecular complexity index is 366. The predicted octanol–water partition coefficient (Wildman–Crippen LogP) is -0.870. The Morgan fingerprint density at radius 2 is 1.42 bits per heavy atom. The molecule has 0 spiro atoms. The van der Waals surface area contributed by atoms with Crippen LogP contribution in [0.15, 0.2) is 0 Å². The van der Waals surface area contributed by atoms with Crippen molar-refractivity contribution in [3.63, 3.8) is 0 Å². The van der Waals surface area contributed by atoms with Gasteiger partial charge in [-0.3, -0.25) is 14.4 Å². The van der Waals surface area contributed by atoms with Crippen molar-refractivity contribution in [1.82, 2.24) is 0 Å². The minimum absolute atomic E-state index is 0.170. The first-order valence-corrected chi connectivity index (χ1v) is 5.62. The van der Waals surface area contributed by atoms with Gasteiger partial charge in [-0.2, -0.15) is 0 Å². The maximum Gasteiger partial charge on any atom is 0.303 e. The molecule has 1 aliphatic rings. The normalized spacial score (nSPS) is 30.3. The van der Waals surface area contributed by atoms with Gasteiger partial charge in [0.25, 0.3) is 0 Å². The third-order valence-electron chi connectivity index (χ3n) is 2.32. The molecule has 0 bridgehead atoms. The Labute approximate surface area is 109 Å². The zero-order valence-electron chi connectivity index (χ0n) is 10.8. The Balaban J connectivity index is 2.89. The second-order valence-electron chi connectivity index (χ2n) is 4.02. The summed E-state index contributed by atoms with van der Waals surface area (Å²) in [4.78, 5) is 33.0. The molecule has 0 unspecified atom stereocenters. The Morgan fingerprint density at radius 3 is 1.89 bits per heavy atom. The number of hydrogen-bond acceptors (Lipinski definition) is 8. The molecule has 8 heteroatoms. The molecular formula is C11H16O8. The van der Waals surface area contributed by atoms with Gasteiger partial charge in [0, 0.05) is 20.8 Å². The second-order valence-corrected chi connectivity index (χ2v) is 4.02. The summed E-state index contributed by atoms with van der Waals surface area (Å²) in [5.41, 5.74) is 0. The molecule has 0 amide bonds. The van der Waals surface area contributed by atoms with E-state index in [1.54, 1.807) is 0 Å². The minimum atomic E-state index is -1.46. The van der Waals surface area contributed by atoms with E-state index in [-0.39, 0.29) is 6.61 Å². The summed E-state index contributed by atoms with van der Waals surface area (Å²) in [5, 5.41) is 9.62. The molecule has 0 radical (unpaired) electrons. The van der Waals surface area contributed by atoms with Crippen LogP contribution in [0.2, 0.25) is 0 Å². The first kappa shape index (κ1) is 15.4. The lowest BCUT2D eigenvalue weighted by Gasteiger charge is -2.38. The molecule has 4 atom stereocenters. The number of carbonyl (C=O) groups is 3. The summed E-state index contributed by atoms with van der Waals surface area (Å²) in [6, 6.07) is 0. The molecule has 1 aliphatic heterocycles. The van der Waals surface area contributed by atoms with E-state index in [4.69, 9.17) is 18.9 Å². The summed E-state index contributed by atoms with van der Waals surface area (Å²) in [5.74, 6) is -1.95. The fourth-order valence-corrected chi connectivity index (χ4v) is 1.72. The van der Waals surface area contributed by atoms with Crippen LogP contribution in [0.4, 0.5) is 0 Å². The number of aliphatic hydroxyl groups excluding tert-OH is 1. The van der Waals surface area contributed by atoms with Crippen molar-refractivity contribution in [3.8, 4) is 0 Å². The molecule has 1 N–H and O–H groups in total. The summed E-state index contributed by atoms with van der Waals surface area (Å²) in [6.45, 7) is 3.29. The number of rotatable bonds is 3. The zero-order valence-corrected chi connectivity index (χ0v) is 10.8. The third-order valence-corrected chi connectivity index (χ3v) is 2.32. The van der Waals surface area contributed by atoms with E-state index in [9.17, 15) is 19.5 Å². The topological polar surface area (TPSA) is 108 Å². The fourth-order valence-electron chi connectivity index (χ4n) is 1.72. The van der Waals surface area contributed by atoms with Crippen LogP contribution in [-0.4, -0.2) is 54.2 Å². The van der Waals surface area contributed by atoms with Gasteiger partial charge in [0.1, 0.15) is 0 Å². The molecule has 1 heterocycles. The Hall–Kier alpha value is -1.67. The van der Waals surface area contributed by atoms with E-state index in [1.165, 1.54) is 6.92 Å². The zero-order chi connectivity index (χ0) is 14.6. The van der Waals surface area contributed by atoms with Crippen LogP contribution in [0.25, 0.3) is 0 Å². The molecular weight excluding hydrogens is 260 g/mol. The lowest BCUT2D eigenvalue weighted by Crippen LogP contribution is -2.57. The maximum absolute atomic E-state index is 11.1. The molecule has 1 fully saturated rings. The van der Waals surface area contributed by atoms with Crippen LogP contribution in [0.5, 0.6) is 0 Å². The number of carbonyl (C=O) groups excluding carboxylic acids is 3. The van der Waals surface area contributed by atoms with Crippen LogP contribution >= 0.6 is 0 Å². The summed E-state index contributed by atoms with van der Waals surface area (Å²) in [7, 11) is 0. The Kier molecular flexibility index (Phi) is 5.25. The Morgan fingerprint density at radius 1 is 0.947 bits per heavy atom. The van der Waals surface area contributed by atoms with Crippen molar-refractivity contribution in [1.29, 1.82) is 0 Å².